The van der Waals surface area contributed by atoms with Crippen molar-refractivity contribution < 1.29 is 0 Å². The summed E-state index contributed by atoms with van der Waals surface area (Å²) in [5.74, 6) is 0. The zero-order chi connectivity index (χ0) is 16.5. The van der Waals surface area contributed by atoms with Crippen molar-refractivity contribution in [3.63, 3.8) is 0 Å². The first kappa shape index (κ1) is 14.9. The number of hydrogen-bond acceptors (Lipinski definition) is 3. The van der Waals surface area contributed by atoms with E-state index < -0.39 is 0 Å². The second-order valence-electron chi connectivity index (χ2n) is 6.02. The lowest BCUT2D eigenvalue weighted by Gasteiger charge is -2.06. The van der Waals surface area contributed by atoms with Crippen molar-refractivity contribution in [2.45, 2.75) is 13.8 Å². The van der Waals surface area contributed by atoms with Crippen LogP contribution < -0.4 is 5.32 Å². The van der Waals surface area contributed by atoms with E-state index in [9.17, 15) is 0 Å². The van der Waals surface area contributed by atoms with Crippen LogP contribution in [0.5, 0.6) is 0 Å². The zero-order valence-electron chi connectivity index (χ0n) is 13.7. The first-order valence-electron chi connectivity index (χ1n) is 7.98. The highest BCUT2D eigenvalue weighted by Gasteiger charge is 2.06. The van der Waals surface area contributed by atoms with Crippen molar-refractivity contribution in [3.8, 4) is 11.3 Å². The highest BCUT2D eigenvalue weighted by molar-refractivity contribution is 7.14. The Labute approximate surface area is 145 Å². The molecule has 118 valence electrons. The van der Waals surface area contributed by atoms with E-state index in [1.807, 2.05) is 0 Å². The van der Waals surface area contributed by atoms with Gasteiger partial charge in [-0.1, -0.05) is 42.5 Å². The normalized spacial score (nSPS) is 10.9. The number of rotatable bonds is 3. The molecule has 0 saturated heterocycles. The molecule has 3 aromatic carbocycles. The summed E-state index contributed by atoms with van der Waals surface area (Å²) in [4.78, 5) is 4.74. The number of nitrogens with one attached hydrogen (secondary N) is 1. The maximum Gasteiger partial charge on any atom is 0.187 e. The van der Waals surface area contributed by atoms with Crippen LogP contribution in [0.3, 0.4) is 0 Å². The molecule has 0 aliphatic rings. The number of anilines is 2. The number of aryl methyl sites for hydroxylation is 2. The molecule has 1 N–H and O–H groups in total. The first-order valence-corrected chi connectivity index (χ1v) is 8.86. The van der Waals surface area contributed by atoms with Crippen LogP contribution in [0.15, 0.2) is 66.0 Å². The summed E-state index contributed by atoms with van der Waals surface area (Å²) in [6.45, 7) is 4.25. The predicted octanol–water partition coefficient (Wildman–Crippen LogP) is 6.32. The molecule has 0 aliphatic carbocycles. The molecule has 2 nitrogen and oxygen atoms in total. The second-order valence-corrected chi connectivity index (χ2v) is 6.88. The highest BCUT2D eigenvalue weighted by Crippen LogP contribution is 2.29. The maximum absolute atomic E-state index is 4.74. The van der Waals surface area contributed by atoms with E-state index in [0.29, 0.717) is 0 Å². The lowest BCUT2D eigenvalue weighted by Crippen LogP contribution is -1.91. The molecule has 0 fully saturated rings. The highest BCUT2D eigenvalue weighted by atomic mass is 32.1. The molecular formula is C21H18N2S. The Morgan fingerprint density at radius 3 is 2.50 bits per heavy atom. The fourth-order valence-corrected chi connectivity index (χ4v) is 3.49. The van der Waals surface area contributed by atoms with Crippen LogP contribution in [0.1, 0.15) is 11.1 Å². The number of nitrogens with zero attached hydrogens (tertiary/aromatic N) is 1. The summed E-state index contributed by atoms with van der Waals surface area (Å²) >= 11 is 1.63. The topological polar surface area (TPSA) is 24.9 Å². The Balaban J connectivity index is 1.62. The van der Waals surface area contributed by atoms with E-state index in [-0.39, 0.29) is 0 Å². The zero-order valence-corrected chi connectivity index (χ0v) is 14.5. The molecule has 1 heterocycles. The minimum Gasteiger partial charge on any atom is -0.332 e. The van der Waals surface area contributed by atoms with Crippen molar-refractivity contribution in [3.05, 3.63) is 77.2 Å². The fourth-order valence-electron chi connectivity index (χ4n) is 2.76. The van der Waals surface area contributed by atoms with Crippen LogP contribution >= 0.6 is 11.3 Å². The third kappa shape index (κ3) is 2.91. The molecule has 1 aromatic heterocycles. The number of hydrogen-bond donors (Lipinski definition) is 1. The predicted molar refractivity (Wildman–Crippen MR) is 104 cm³/mol. The average molecular weight is 330 g/mol. The monoisotopic (exact) mass is 330 g/mol. The number of thiazole rings is 1. The molecule has 4 rings (SSSR count). The lowest BCUT2D eigenvalue weighted by atomic mass is 10.1. The fraction of sp³-hybridized carbons (Fsp3) is 0.0952. The van der Waals surface area contributed by atoms with Gasteiger partial charge in [0.05, 0.1) is 5.69 Å². The van der Waals surface area contributed by atoms with E-state index in [1.165, 1.54) is 21.9 Å². The molecule has 0 unspecified atom stereocenters. The van der Waals surface area contributed by atoms with Crippen molar-refractivity contribution >= 4 is 32.9 Å². The minimum absolute atomic E-state index is 0.918. The summed E-state index contributed by atoms with van der Waals surface area (Å²) in [7, 11) is 0. The van der Waals surface area contributed by atoms with Gasteiger partial charge in [-0.05, 0) is 53.9 Å². The van der Waals surface area contributed by atoms with Gasteiger partial charge in [0.1, 0.15) is 0 Å². The van der Waals surface area contributed by atoms with Gasteiger partial charge in [-0.2, -0.15) is 0 Å². The van der Waals surface area contributed by atoms with Gasteiger partial charge >= 0.3 is 0 Å². The van der Waals surface area contributed by atoms with Gasteiger partial charge < -0.3 is 5.32 Å². The lowest BCUT2D eigenvalue weighted by molar-refractivity contribution is 1.33. The quantitative estimate of drug-likeness (QED) is 0.475. The van der Waals surface area contributed by atoms with Gasteiger partial charge in [0.2, 0.25) is 0 Å². The van der Waals surface area contributed by atoms with E-state index in [0.717, 1.165) is 22.1 Å². The molecule has 4 aromatic rings. The number of benzene rings is 3. The Morgan fingerprint density at radius 1 is 0.833 bits per heavy atom. The largest absolute Gasteiger partial charge is 0.332 e. The van der Waals surface area contributed by atoms with E-state index in [1.54, 1.807) is 11.3 Å². The Morgan fingerprint density at radius 2 is 1.67 bits per heavy atom. The van der Waals surface area contributed by atoms with Gasteiger partial charge in [0, 0.05) is 16.6 Å². The van der Waals surface area contributed by atoms with Crippen LogP contribution in [-0.4, -0.2) is 4.98 Å². The second kappa shape index (κ2) is 6.10. The summed E-state index contributed by atoms with van der Waals surface area (Å²) < 4.78 is 0. The summed E-state index contributed by atoms with van der Waals surface area (Å²) in [6.07, 6.45) is 0. The van der Waals surface area contributed by atoms with E-state index >= 15 is 0 Å². The molecular weight excluding hydrogens is 312 g/mol. The molecule has 0 saturated carbocycles. The van der Waals surface area contributed by atoms with Gasteiger partial charge in [-0.3, -0.25) is 0 Å². The van der Waals surface area contributed by atoms with Crippen molar-refractivity contribution in [2.75, 3.05) is 5.32 Å². The standard InChI is InChI=1S/C21H18N2S/c1-14-7-10-19(11-15(14)2)22-21-23-20(13-24-21)18-9-8-16-5-3-4-6-17(16)12-18/h3-13H,1-2H3,(H,22,23). The van der Waals surface area contributed by atoms with E-state index in [4.69, 9.17) is 4.98 Å². The Kier molecular flexibility index (Phi) is 3.79. The van der Waals surface area contributed by atoms with Gasteiger partial charge in [0.25, 0.3) is 0 Å². The average Bonchev–Trinajstić information content (AvgIpc) is 3.06. The summed E-state index contributed by atoms with van der Waals surface area (Å²) in [6, 6.07) is 21.3. The number of fused-ring (bicyclic) bond motifs is 1. The maximum atomic E-state index is 4.74. The Bertz CT molecular complexity index is 1020. The van der Waals surface area contributed by atoms with Crippen LogP contribution in [0, 0.1) is 13.8 Å². The SMILES string of the molecule is Cc1ccc(Nc2nc(-c3ccc4ccccc4c3)cs2)cc1C. The molecule has 0 bridgehead atoms. The molecule has 0 aliphatic heterocycles. The third-order valence-corrected chi connectivity index (χ3v) is 5.07. The van der Waals surface area contributed by atoms with Crippen molar-refractivity contribution in [2.24, 2.45) is 0 Å². The molecule has 0 atom stereocenters. The third-order valence-electron chi connectivity index (χ3n) is 4.31. The molecule has 0 amide bonds. The summed E-state index contributed by atoms with van der Waals surface area (Å²) in [5, 5.41) is 8.93. The van der Waals surface area contributed by atoms with E-state index in [2.05, 4.69) is 85.2 Å². The minimum atomic E-state index is 0.918. The van der Waals surface area contributed by atoms with Crippen molar-refractivity contribution in [1.82, 2.24) is 4.98 Å². The van der Waals surface area contributed by atoms with Gasteiger partial charge in [-0.15, -0.1) is 11.3 Å². The molecule has 3 heteroatoms. The number of aromatic nitrogens is 1. The smallest absolute Gasteiger partial charge is 0.187 e. The summed E-state index contributed by atoms with van der Waals surface area (Å²) in [5.41, 5.74) is 5.83. The molecule has 24 heavy (non-hydrogen) atoms. The van der Waals surface area contributed by atoms with Crippen molar-refractivity contribution in [1.29, 1.82) is 0 Å². The van der Waals surface area contributed by atoms with Crippen LogP contribution in [-0.2, 0) is 0 Å². The Hall–Kier alpha value is -2.65. The van der Waals surface area contributed by atoms with Crippen LogP contribution in [0.25, 0.3) is 22.0 Å². The van der Waals surface area contributed by atoms with Gasteiger partial charge in [-0.25, -0.2) is 4.98 Å². The van der Waals surface area contributed by atoms with Crippen LogP contribution in [0.2, 0.25) is 0 Å². The van der Waals surface area contributed by atoms with Gasteiger partial charge in [0.15, 0.2) is 5.13 Å². The first-order chi connectivity index (χ1) is 11.7. The van der Waals surface area contributed by atoms with Crippen LogP contribution in [0.4, 0.5) is 10.8 Å². The molecule has 0 radical (unpaired) electrons. The molecule has 0 spiro atoms.